The maximum absolute atomic E-state index is 2.68. The molecular weight excluding hydrogens is 321 g/mol. The summed E-state index contributed by atoms with van der Waals surface area (Å²) in [5.41, 5.74) is 2.74. The molecule has 0 aliphatic rings. The molecule has 0 saturated carbocycles. The van der Waals surface area contributed by atoms with Crippen LogP contribution in [0.2, 0.25) is 0 Å². The molecule has 0 amide bonds. The Hall–Kier alpha value is -1.13. The molecule has 0 N–H and O–H groups in total. The van der Waals surface area contributed by atoms with Crippen LogP contribution in [-0.4, -0.2) is 24.5 Å². The minimum atomic E-state index is 0. The van der Waals surface area contributed by atoms with Crippen LogP contribution in [0.25, 0.3) is 0 Å². The topological polar surface area (TPSA) is 3.24 Å². The Morgan fingerprint density at radius 2 is 1.07 bits per heavy atom. The van der Waals surface area contributed by atoms with Gasteiger partial charge in [0.05, 0.1) is 0 Å². The second kappa shape index (κ2) is 14.9. The van der Waals surface area contributed by atoms with Gasteiger partial charge in [0.15, 0.2) is 0 Å². The first-order chi connectivity index (χ1) is 12.8. The van der Waals surface area contributed by atoms with Crippen LogP contribution in [0.3, 0.4) is 0 Å². The molecule has 0 heterocycles. The third-order valence-corrected chi connectivity index (χ3v) is 5.05. The SMILES string of the molecule is CCCCN(CCCC)CCCC[C-](c1ccccc1)c1ccccc1.[Li+]. The molecule has 0 aliphatic heterocycles. The van der Waals surface area contributed by atoms with E-state index < -0.39 is 0 Å². The van der Waals surface area contributed by atoms with Gasteiger partial charge in [0.1, 0.15) is 0 Å². The predicted molar refractivity (Wildman–Crippen MR) is 114 cm³/mol. The van der Waals surface area contributed by atoms with Gasteiger partial charge in [-0.1, -0.05) is 75.9 Å². The van der Waals surface area contributed by atoms with Crippen molar-refractivity contribution in [3.63, 3.8) is 0 Å². The van der Waals surface area contributed by atoms with Crippen LogP contribution >= 0.6 is 0 Å². The number of hydrogen-bond acceptors (Lipinski definition) is 1. The smallest absolute Gasteiger partial charge is 0.303 e. The molecule has 27 heavy (non-hydrogen) atoms. The minimum absolute atomic E-state index is 0. The Morgan fingerprint density at radius 1 is 0.630 bits per heavy atom. The van der Waals surface area contributed by atoms with E-state index in [1.54, 1.807) is 0 Å². The van der Waals surface area contributed by atoms with Crippen LogP contribution in [0.5, 0.6) is 0 Å². The number of benzene rings is 2. The van der Waals surface area contributed by atoms with Crippen molar-refractivity contribution in [2.24, 2.45) is 0 Å². The summed E-state index contributed by atoms with van der Waals surface area (Å²) in [7, 11) is 0. The zero-order valence-corrected chi connectivity index (χ0v) is 17.8. The van der Waals surface area contributed by atoms with Gasteiger partial charge in [0, 0.05) is 0 Å². The third kappa shape index (κ3) is 9.07. The van der Waals surface area contributed by atoms with Gasteiger partial charge in [-0.3, -0.25) is 0 Å². The predicted octanol–water partition coefficient (Wildman–Crippen LogP) is 3.73. The van der Waals surface area contributed by atoms with Crippen LogP contribution in [0.1, 0.15) is 69.9 Å². The molecule has 0 atom stereocenters. The molecule has 0 aromatic heterocycles. The second-order valence-corrected chi connectivity index (χ2v) is 7.22. The van der Waals surface area contributed by atoms with E-state index in [-0.39, 0.29) is 18.9 Å². The van der Waals surface area contributed by atoms with E-state index in [1.165, 1.54) is 75.2 Å². The van der Waals surface area contributed by atoms with E-state index >= 15 is 0 Å². The Kier molecular flexibility index (Phi) is 13.2. The average Bonchev–Trinajstić information content (AvgIpc) is 2.70. The summed E-state index contributed by atoms with van der Waals surface area (Å²) in [6, 6.07) is 21.8. The Morgan fingerprint density at radius 3 is 1.52 bits per heavy atom. The fourth-order valence-electron chi connectivity index (χ4n) is 3.47. The summed E-state index contributed by atoms with van der Waals surface area (Å²) in [5, 5.41) is 0. The summed E-state index contributed by atoms with van der Waals surface area (Å²) in [6.07, 6.45) is 8.95. The van der Waals surface area contributed by atoms with Crippen molar-refractivity contribution in [3.8, 4) is 0 Å². The van der Waals surface area contributed by atoms with Gasteiger partial charge in [-0.05, 0) is 38.9 Å². The van der Waals surface area contributed by atoms with Gasteiger partial charge in [-0.2, -0.15) is 0 Å². The fraction of sp³-hybridized carbons (Fsp3) is 0.480. The Balaban J connectivity index is 0.00000364. The molecule has 0 bridgehead atoms. The molecule has 0 unspecified atom stereocenters. The van der Waals surface area contributed by atoms with E-state index in [1.807, 2.05) is 0 Å². The quantitative estimate of drug-likeness (QED) is 0.300. The third-order valence-electron chi connectivity index (χ3n) is 5.05. The van der Waals surface area contributed by atoms with E-state index in [9.17, 15) is 0 Å². The van der Waals surface area contributed by atoms with Gasteiger partial charge < -0.3 is 4.90 Å². The zero-order chi connectivity index (χ0) is 18.5. The maximum Gasteiger partial charge on any atom is 1.00 e. The van der Waals surface area contributed by atoms with Gasteiger partial charge >= 0.3 is 18.9 Å². The first kappa shape index (κ1) is 23.9. The maximum atomic E-state index is 2.68. The number of rotatable bonds is 13. The van der Waals surface area contributed by atoms with E-state index in [4.69, 9.17) is 0 Å². The molecule has 142 valence electrons. The van der Waals surface area contributed by atoms with Gasteiger partial charge in [0.2, 0.25) is 0 Å². The summed E-state index contributed by atoms with van der Waals surface area (Å²) in [6.45, 7) is 8.36. The zero-order valence-electron chi connectivity index (χ0n) is 17.8. The van der Waals surface area contributed by atoms with Gasteiger partial charge in [-0.25, -0.2) is 0 Å². The molecule has 0 radical (unpaired) electrons. The standard InChI is InChI=1S/C25H36N.Li/c1-3-5-20-26(21-6-4-2)22-14-13-19-25(23-15-9-7-10-16-23)24-17-11-8-12-18-24;/h7-12,15-18H,3-6,13-14,19-22H2,1-2H3;/q-1;+1. The monoisotopic (exact) mass is 357 g/mol. The van der Waals surface area contributed by atoms with Crippen LogP contribution in [0.4, 0.5) is 0 Å². The van der Waals surface area contributed by atoms with Crippen molar-refractivity contribution in [1.29, 1.82) is 0 Å². The van der Waals surface area contributed by atoms with Crippen molar-refractivity contribution in [3.05, 3.63) is 77.7 Å². The molecule has 2 rings (SSSR count). The van der Waals surface area contributed by atoms with Crippen molar-refractivity contribution in [1.82, 2.24) is 4.90 Å². The summed E-state index contributed by atoms with van der Waals surface area (Å²) >= 11 is 0. The van der Waals surface area contributed by atoms with Crippen LogP contribution < -0.4 is 18.9 Å². The van der Waals surface area contributed by atoms with Crippen LogP contribution in [-0.2, 0) is 0 Å². The fourth-order valence-corrected chi connectivity index (χ4v) is 3.47. The summed E-state index contributed by atoms with van der Waals surface area (Å²) in [5.74, 6) is 1.49. The van der Waals surface area contributed by atoms with Crippen LogP contribution in [0.15, 0.2) is 60.7 Å². The van der Waals surface area contributed by atoms with Crippen molar-refractivity contribution in [2.75, 3.05) is 19.6 Å². The van der Waals surface area contributed by atoms with Crippen molar-refractivity contribution < 1.29 is 18.9 Å². The molecule has 2 aromatic rings. The van der Waals surface area contributed by atoms with Gasteiger partial charge in [-0.15, -0.1) is 41.3 Å². The molecule has 2 heteroatoms. The van der Waals surface area contributed by atoms with E-state index in [0.29, 0.717) is 0 Å². The minimum Gasteiger partial charge on any atom is -0.303 e. The van der Waals surface area contributed by atoms with Crippen LogP contribution in [0, 0.1) is 5.92 Å². The molecule has 0 fully saturated rings. The van der Waals surface area contributed by atoms with E-state index in [0.717, 1.165) is 6.42 Å². The first-order valence-electron chi connectivity index (χ1n) is 10.5. The average molecular weight is 358 g/mol. The Bertz CT molecular complexity index is 522. The molecule has 0 saturated heterocycles. The molecule has 2 aromatic carbocycles. The van der Waals surface area contributed by atoms with Gasteiger partial charge in [0.25, 0.3) is 0 Å². The largest absolute Gasteiger partial charge is 1.00 e. The molecule has 0 spiro atoms. The van der Waals surface area contributed by atoms with Crippen molar-refractivity contribution in [2.45, 2.75) is 58.8 Å². The Labute approximate surface area is 179 Å². The molecular formula is C25H36LiN. The molecule has 0 aliphatic carbocycles. The molecule has 1 nitrogen and oxygen atoms in total. The number of nitrogens with zero attached hydrogens (tertiary/aromatic N) is 1. The van der Waals surface area contributed by atoms with E-state index in [2.05, 4.69) is 79.4 Å². The normalized spacial score (nSPS) is 10.6. The second-order valence-electron chi connectivity index (χ2n) is 7.22. The summed E-state index contributed by atoms with van der Waals surface area (Å²) < 4.78 is 0. The number of unbranched alkanes of at least 4 members (excludes halogenated alkanes) is 3. The first-order valence-corrected chi connectivity index (χ1v) is 10.5. The number of hydrogen-bond donors (Lipinski definition) is 0. The van der Waals surface area contributed by atoms with Crippen molar-refractivity contribution >= 4 is 0 Å². The summed E-state index contributed by atoms with van der Waals surface area (Å²) in [4.78, 5) is 2.68.